The van der Waals surface area contributed by atoms with Crippen LogP contribution in [0, 0.1) is 11.6 Å². The van der Waals surface area contributed by atoms with E-state index in [4.69, 9.17) is 18.9 Å². The van der Waals surface area contributed by atoms with E-state index in [9.17, 15) is 13.2 Å². The number of hydrogen-bond donors (Lipinski definition) is 1. The third-order valence-electron chi connectivity index (χ3n) is 8.71. The van der Waals surface area contributed by atoms with Gasteiger partial charge < -0.3 is 23.8 Å². The summed E-state index contributed by atoms with van der Waals surface area (Å²) < 4.78 is 82.3. The van der Waals surface area contributed by atoms with E-state index in [1.807, 2.05) is 4.72 Å². The third-order valence-corrected chi connectivity index (χ3v) is 10.2. The zero-order valence-corrected chi connectivity index (χ0v) is 26.7. The summed E-state index contributed by atoms with van der Waals surface area (Å²) in [5, 5.41) is 0. The first-order valence-corrected chi connectivity index (χ1v) is 17.0. The molecule has 248 valence electrons. The summed E-state index contributed by atoms with van der Waals surface area (Å²) in [4.78, 5) is 19.4. The highest BCUT2D eigenvalue weighted by molar-refractivity contribution is 7.87. The summed E-state index contributed by atoms with van der Waals surface area (Å²) in [5.74, 6) is -4.04. The van der Waals surface area contributed by atoms with Crippen molar-refractivity contribution in [2.24, 2.45) is 0 Å². The second-order valence-corrected chi connectivity index (χ2v) is 13.6. The summed E-state index contributed by atoms with van der Waals surface area (Å²) in [6.45, 7) is 4.03. The van der Waals surface area contributed by atoms with Gasteiger partial charge in [-0.05, 0) is 57.4 Å². The average Bonchev–Trinajstić information content (AvgIpc) is 3.00. The Balaban J connectivity index is 1.17. The number of nitrogens with one attached hydrogen (secondary N) is 1. The molecule has 14 heteroatoms. The van der Waals surface area contributed by atoms with Crippen LogP contribution in [0.1, 0.15) is 74.0 Å². The van der Waals surface area contributed by atoms with Gasteiger partial charge in [0.05, 0.1) is 29.6 Å². The van der Waals surface area contributed by atoms with Gasteiger partial charge in [0.25, 0.3) is 5.91 Å². The van der Waals surface area contributed by atoms with Crippen molar-refractivity contribution in [2.45, 2.75) is 82.4 Å². The number of aromatic nitrogens is 1. The zero-order valence-electron chi connectivity index (χ0n) is 25.9. The van der Waals surface area contributed by atoms with Gasteiger partial charge in [-0.1, -0.05) is 6.92 Å². The van der Waals surface area contributed by atoms with E-state index in [1.54, 1.807) is 32.4 Å². The Labute approximate surface area is 263 Å². The number of hydrogen-bond acceptors (Lipinski definition) is 9. The molecule has 11 nitrogen and oxygen atoms in total. The zero-order chi connectivity index (χ0) is 32.1. The number of pyridine rings is 1. The SMILES string of the molecule is CC[C@@H](Oc1ccc(C(=O)NS(=O)(=O)N2CCC(OC3CCN(C)CC3)CC2)c(F)c1F)c1cc(OC2CC(OC)C2)ccn1. The van der Waals surface area contributed by atoms with Crippen LogP contribution < -0.4 is 14.2 Å². The van der Waals surface area contributed by atoms with Gasteiger partial charge in [0, 0.05) is 58.4 Å². The molecule has 3 heterocycles. The van der Waals surface area contributed by atoms with E-state index < -0.39 is 45.2 Å². The fraction of sp³-hybridized carbons (Fsp3) is 0.613. The molecule has 2 aromatic rings. The summed E-state index contributed by atoms with van der Waals surface area (Å²) in [6, 6.07) is 5.51. The molecular weight excluding hydrogens is 610 g/mol. The van der Waals surface area contributed by atoms with Crippen LogP contribution in [-0.4, -0.2) is 93.3 Å². The predicted molar refractivity (Wildman–Crippen MR) is 161 cm³/mol. The molecule has 3 fully saturated rings. The summed E-state index contributed by atoms with van der Waals surface area (Å²) in [7, 11) is -0.552. The fourth-order valence-corrected chi connectivity index (χ4v) is 6.98. The fourth-order valence-electron chi connectivity index (χ4n) is 5.82. The van der Waals surface area contributed by atoms with E-state index in [0.29, 0.717) is 30.7 Å². The van der Waals surface area contributed by atoms with Crippen LogP contribution in [-0.2, 0) is 19.7 Å². The summed E-state index contributed by atoms with van der Waals surface area (Å²) in [6.07, 6.45) is 5.88. The second-order valence-electron chi connectivity index (χ2n) is 11.9. The van der Waals surface area contributed by atoms with Gasteiger partial charge in [0.15, 0.2) is 11.6 Å². The number of ether oxygens (including phenoxy) is 4. The largest absolute Gasteiger partial charge is 0.490 e. The van der Waals surface area contributed by atoms with Crippen LogP contribution in [0.15, 0.2) is 30.5 Å². The van der Waals surface area contributed by atoms with Crippen LogP contribution in [0.4, 0.5) is 8.78 Å². The summed E-state index contributed by atoms with van der Waals surface area (Å²) >= 11 is 0. The molecule has 2 aliphatic heterocycles. The van der Waals surface area contributed by atoms with Gasteiger partial charge in [0.1, 0.15) is 18.0 Å². The number of likely N-dealkylation sites (tertiary alicyclic amines) is 1. The van der Waals surface area contributed by atoms with Gasteiger partial charge in [-0.3, -0.25) is 9.78 Å². The van der Waals surface area contributed by atoms with E-state index >= 15 is 8.78 Å². The molecule has 1 amide bonds. The third kappa shape index (κ3) is 8.28. The molecule has 0 bridgehead atoms. The van der Waals surface area contributed by atoms with Gasteiger partial charge in [0.2, 0.25) is 5.82 Å². The van der Waals surface area contributed by atoms with E-state index in [-0.39, 0.29) is 37.5 Å². The molecule has 1 aromatic heterocycles. The lowest BCUT2D eigenvalue weighted by Gasteiger charge is -2.35. The molecule has 45 heavy (non-hydrogen) atoms. The lowest BCUT2D eigenvalue weighted by Crippen LogP contribution is -2.48. The summed E-state index contributed by atoms with van der Waals surface area (Å²) in [5.41, 5.74) is -0.286. The minimum absolute atomic E-state index is 0.0232. The molecule has 5 rings (SSSR count). The first kappa shape index (κ1) is 33.5. The van der Waals surface area contributed by atoms with Gasteiger partial charge in [-0.25, -0.2) is 9.11 Å². The number of amides is 1. The number of halogens is 2. The number of rotatable bonds is 12. The molecule has 0 unspecified atom stereocenters. The molecule has 1 N–H and O–H groups in total. The molecule has 3 aliphatic rings. The Bertz CT molecular complexity index is 1430. The maximum atomic E-state index is 15.1. The molecule has 2 saturated heterocycles. The monoisotopic (exact) mass is 652 g/mol. The molecule has 1 atom stereocenters. The lowest BCUT2D eigenvalue weighted by molar-refractivity contribution is -0.0564. The van der Waals surface area contributed by atoms with Crippen LogP contribution in [0.25, 0.3) is 0 Å². The van der Waals surface area contributed by atoms with Crippen LogP contribution in [0.3, 0.4) is 0 Å². The second kappa shape index (κ2) is 14.7. The molecular formula is C31H42F2N4O7S. The van der Waals surface area contributed by atoms with Crippen molar-refractivity contribution in [3.05, 3.63) is 53.4 Å². The maximum Gasteiger partial charge on any atom is 0.304 e. The highest BCUT2D eigenvalue weighted by Crippen LogP contribution is 2.32. The normalized spacial score (nSPS) is 22.9. The molecule has 1 saturated carbocycles. The minimum Gasteiger partial charge on any atom is -0.490 e. The number of methoxy groups -OCH3 is 1. The van der Waals surface area contributed by atoms with Crippen LogP contribution in [0.2, 0.25) is 0 Å². The van der Waals surface area contributed by atoms with Crippen molar-refractivity contribution in [2.75, 3.05) is 40.3 Å². The first-order valence-electron chi connectivity index (χ1n) is 15.5. The van der Waals surface area contributed by atoms with Crippen molar-refractivity contribution in [1.82, 2.24) is 18.9 Å². The van der Waals surface area contributed by atoms with Crippen LogP contribution >= 0.6 is 0 Å². The highest BCUT2D eigenvalue weighted by Gasteiger charge is 2.33. The van der Waals surface area contributed by atoms with Crippen molar-refractivity contribution >= 4 is 16.1 Å². The number of benzene rings is 1. The topological polar surface area (TPSA) is 120 Å². The van der Waals surface area contributed by atoms with E-state index in [1.165, 1.54) is 0 Å². The first-order chi connectivity index (χ1) is 21.6. The van der Waals surface area contributed by atoms with Gasteiger partial charge >= 0.3 is 10.2 Å². The Morgan fingerprint density at radius 1 is 1.00 bits per heavy atom. The standard InChI is InChI=1S/C31H42F2N4O7S/c1-4-27(26-19-22(7-12-34-26)43-24-17-23(18-24)41-3)44-28-6-5-25(29(32)30(28)33)31(38)35-45(39,40)37-15-10-21(11-16-37)42-20-8-13-36(2)14-9-20/h5-7,12,19-21,23-24,27H,4,8-11,13-18H2,1-3H3,(H,35,38)/t23?,24?,27-/m1/s1. The number of carbonyl (C=O) groups excluding carboxylic acids is 1. The predicted octanol–water partition coefficient (Wildman–Crippen LogP) is 4.00. The minimum atomic E-state index is -4.28. The van der Waals surface area contributed by atoms with Crippen molar-refractivity contribution in [1.29, 1.82) is 0 Å². The van der Waals surface area contributed by atoms with E-state index in [0.717, 1.165) is 55.2 Å². The Morgan fingerprint density at radius 2 is 1.67 bits per heavy atom. The Hall–Kier alpha value is -2.91. The van der Waals surface area contributed by atoms with Crippen molar-refractivity contribution < 1.29 is 40.9 Å². The molecule has 0 spiro atoms. The Kier molecular flexibility index (Phi) is 10.9. The number of carbonyl (C=O) groups is 1. The van der Waals surface area contributed by atoms with Gasteiger partial charge in [-0.15, -0.1) is 0 Å². The van der Waals surface area contributed by atoms with Crippen molar-refractivity contribution in [3.63, 3.8) is 0 Å². The smallest absolute Gasteiger partial charge is 0.304 e. The number of piperidine rings is 2. The molecule has 1 aliphatic carbocycles. The number of nitrogens with zero attached hydrogens (tertiary/aromatic N) is 3. The maximum absolute atomic E-state index is 15.1. The Morgan fingerprint density at radius 3 is 2.31 bits per heavy atom. The lowest BCUT2D eigenvalue weighted by atomic mass is 9.92. The van der Waals surface area contributed by atoms with Gasteiger partial charge in [-0.2, -0.15) is 17.1 Å². The quantitative estimate of drug-likeness (QED) is 0.363. The average molecular weight is 653 g/mol. The van der Waals surface area contributed by atoms with E-state index in [2.05, 4.69) is 16.9 Å². The van der Waals surface area contributed by atoms with Crippen LogP contribution in [0.5, 0.6) is 11.5 Å². The highest BCUT2D eigenvalue weighted by atomic mass is 32.2. The van der Waals surface area contributed by atoms with Crippen molar-refractivity contribution in [3.8, 4) is 11.5 Å². The molecule has 1 aromatic carbocycles. The molecule has 0 radical (unpaired) electrons.